The maximum atomic E-state index is 12.5. The van der Waals surface area contributed by atoms with E-state index in [-0.39, 0.29) is 5.12 Å². The Morgan fingerprint density at radius 3 is 2.14 bits per heavy atom. The number of aliphatic hydroxyl groups is 1. The molecule has 0 radical (unpaired) electrons. The first-order chi connectivity index (χ1) is 10.7. The van der Waals surface area contributed by atoms with Crippen LogP contribution in [0.1, 0.15) is 11.1 Å². The molecule has 0 amide bonds. The predicted octanol–water partition coefficient (Wildman–Crippen LogP) is 3.85. The first-order valence-electron chi connectivity index (χ1n) is 7.26. The van der Waals surface area contributed by atoms with Crippen LogP contribution in [0.3, 0.4) is 0 Å². The SMILES string of the molecule is C=C[C@@H](O)[C@@H](Cc1ccccc1)C(=O)SCc1ccccc1. The maximum absolute atomic E-state index is 12.5. The van der Waals surface area contributed by atoms with E-state index in [1.165, 1.54) is 17.8 Å². The lowest BCUT2D eigenvalue weighted by Gasteiger charge is -2.19. The molecule has 0 aliphatic heterocycles. The van der Waals surface area contributed by atoms with Crippen LogP contribution >= 0.6 is 11.8 Å². The van der Waals surface area contributed by atoms with Crippen LogP contribution in [0.25, 0.3) is 0 Å². The highest BCUT2D eigenvalue weighted by Crippen LogP contribution is 2.23. The molecule has 0 aliphatic rings. The molecule has 0 saturated carbocycles. The van der Waals surface area contributed by atoms with Gasteiger partial charge in [-0.2, -0.15) is 0 Å². The van der Waals surface area contributed by atoms with E-state index in [2.05, 4.69) is 6.58 Å². The number of benzene rings is 2. The fourth-order valence-corrected chi connectivity index (χ4v) is 3.15. The summed E-state index contributed by atoms with van der Waals surface area (Å²) in [6.45, 7) is 3.61. The van der Waals surface area contributed by atoms with E-state index in [1.54, 1.807) is 0 Å². The molecule has 1 N–H and O–H groups in total. The quantitative estimate of drug-likeness (QED) is 0.789. The molecule has 0 spiro atoms. The van der Waals surface area contributed by atoms with Crippen LogP contribution in [0.5, 0.6) is 0 Å². The van der Waals surface area contributed by atoms with Gasteiger partial charge < -0.3 is 5.11 Å². The van der Waals surface area contributed by atoms with Crippen LogP contribution in [0.15, 0.2) is 73.3 Å². The summed E-state index contributed by atoms with van der Waals surface area (Å²) in [6.07, 6.45) is 1.14. The summed E-state index contributed by atoms with van der Waals surface area (Å²) in [4.78, 5) is 12.5. The number of hydrogen-bond acceptors (Lipinski definition) is 3. The molecule has 0 saturated heterocycles. The summed E-state index contributed by atoms with van der Waals surface area (Å²) in [5.74, 6) is 0.156. The Morgan fingerprint density at radius 2 is 1.59 bits per heavy atom. The monoisotopic (exact) mass is 312 g/mol. The number of hydrogen-bond donors (Lipinski definition) is 1. The van der Waals surface area contributed by atoms with Gasteiger partial charge in [-0.25, -0.2) is 0 Å². The Balaban J connectivity index is 2.01. The van der Waals surface area contributed by atoms with Crippen LogP contribution in [-0.2, 0) is 17.0 Å². The van der Waals surface area contributed by atoms with Gasteiger partial charge >= 0.3 is 0 Å². The lowest BCUT2D eigenvalue weighted by molar-refractivity contribution is -0.116. The number of rotatable bonds is 7. The largest absolute Gasteiger partial charge is 0.388 e. The summed E-state index contributed by atoms with van der Waals surface area (Å²) < 4.78 is 0. The van der Waals surface area contributed by atoms with Crippen LogP contribution in [0.2, 0.25) is 0 Å². The first kappa shape index (κ1) is 16.5. The van der Waals surface area contributed by atoms with Gasteiger partial charge in [0.25, 0.3) is 0 Å². The van der Waals surface area contributed by atoms with Crippen molar-refractivity contribution in [1.29, 1.82) is 0 Å². The predicted molar refractivity (Wildman–Crippen MR) is 92.6 cm³/mol. The highest BCUT2D eigenvalue weighted by atomic mass is 32.2. The molecule has 3 heteroatoms. The first-order valence-corrected chi connectivity index (χ1v) is 8.24. The summed E-state index contributed by atoms with van der Waals surface area (Å²) in [5.41, 5.74) is 2.15. The zero-order valence-corrected chi connectivity index (χ0v) is 13.2. The van der Waals surface area contributed by atoms with Crippen molar-refractivity contribution in [2.24, 2.45) is 5.92 Å². The normalized spacial score (nSPS) is 13.3. The fraction of sp³-hybridized carbons (Fsp3) is 0.211. The lowest BCUT2D eigenvalue weighted by Crippen LogP contribution is -2.27. The Kier molecular flexibility index (Phi) is 6.44. The van der Waals surface area contributed by atoms with Crippen molar-refractivity contribution in [2.45, 2.75) is 18.3 Å². The summed E-state index contributed by atoms with van der Waals surface area (Å²) in [5, 5.41) is 10.1. The zero-order valence-electron chi connectivity index (χ0n) is 12.4. The van der Waals surface area contributed by atoms with Gasteiger partial charge in [0, 0.05) is 5.75 Å². The Labute approximate surface area is 135 Å². The van der Waals surface area contributed by atoms with Crippen LogP contribution in [0, 0.1) is 5.92 Å². The molecule has 2 rings (SSSR count). The van der Waals surface area contributed by atoms with Crippen LogP contribution < -0.4 is 0 Å². The van der Waals surface area contributed by atoms with Gasteiger partial charge in [0.2, 0.25) is 0 Å². The number of carbonyl (C=O) groups excluding carboxylic acids is 1. The summed E-state index contributed by atoms with van der Waals surface area (Å²) in [7, 11) is 0. The molecular weight excluding hydrogens is 292 g/mol. The Morgan fingerprint density at radius 1 is 1.05 bits per heavy atom. The van der Waals surface area contributed by atoms with Crippen molar-refractivity contribution in [3.05, 3.63) is 84.4 Å². The molecule has 2 aromatic rings. The smallest absolute Gasteiger partial charge is 0.195 e. The molecule has 0 heterocycles. The van der Waals surface area contributed by atoms with Crippen molar-refractivity contribution in [2.75, 3.05) is 0 Å². The highest BCUT2D eigenvalue weighted by Gasteiger charge is 2.25. The standard InChI is InChI=1S/C19H20O2S/c1-2-18(20)17(13-15-9-5-3-6-10-15)19(21)22-14-16-11-7-4-8-12-16/h2-12,17-18,20H,1,13-14H2/t17-,18-/m1/s1. The van der Waals surface area contributed by atoms with Crippen molar-refractivity contribution in [3.63, 3.8) is 0 Å². The average molecular weight is 312 g/mol. The second kappa shape index (κ2) is 8.57. The van der Waals surface area contributed by atoms with E-state index in [4.69, 9.17) is 0 Å². The molecule has 114 valence electrons. The van der Waals surface area contributed by atoms with E-state index in [9.17, 15) is 9.90 Å². The highest BCUT2D eigenvalue weighted by molar-refractivity contribution is 8.13. The van der Waals surface area contributed by atoms with Gasteiger partial charge in [-0.1, -0.05) is 78.5 Å². The second-order valence-corrected chi connectivity index (χ2v) is 6.10. The van der Waals surface area contributed by atoms with Gasteiger partial charge in [-0.05, 0) is 17.5 Å². The molecule has 0 unspecified atom stereocenters. The number of carbonyl (C=O) groups is 1. The number of aliphatic hydroxyl groups excluding tert-OH is 1. The van der Waals surface area contributed by atoms with Crippen molar-refractivity contribution >= 4 is 16.9 Å². The van der Waals surface area contributed by atoms with E-state index < -0.39 is 12.0 Å². The van der Waals surface area contributed by atoms with E-state index in [0.29, 0.717) is 12.2 Å². The minimum Gasteiger partial charge on any atom is -0.388 e. The minimum absolute atomic E-state index is 0.0000983. The molecule has 0 fully saturated rings. The van der Waals surface area contributed by atoms with E-state index in [1.807, 2.05) is 60.7 Å². The topological polar surface area (TPSA) is 37.3 Å². The molecule has 22 heavy (non-hydrogen) atoms. The molecule has 2 atom stereocenters. The molecule has 2 aromatic carbocycles. The number of thioether (sulfide) groups is 1. The van der Waals surface area contributed by atoms with Gasteiger partial charge in [0.1, 0.15) is 0 Å². The summed E-state index contributed by atoms with van der Waals surface area (Å²) in [6, 6.07) is 19.6. The average Bonchev–Trinajstić information content (AvgIpc) is 2.58. The van der Waals surface area contributed by atoms with Crippen LogP contribution in [0.4, 0.5) is 0 Å². The maximum Gasteiger partial charge on any atom is 0.195 e. The van der Waals surface area contributed by atoms with E-state index >= 15 is 0 Å². The van der Waals surface area contributed by atoms with Gasteiger partial charge in [0.05, 0.1) is 12.0 Å². The second-order valence-electron chi connectivity index (χ2n) is 5.12. The van der Waals surface area contributed by atoms with E-state index in [0.717, 1.165) is 11.1 Å². The van der Waals surface area contributed by atoms with Gasteiger partial charge in [0.15, 0.2) is 5.12 Å². The fourth-order valence-electron chi connectivity index (χ4n) is 2.21. The molecular formula is C19H20O2S. The van der Waals surface area contributed by atoms with Crippen molar-refractivity contribution < 1.29 is 9.90 Å². The van der Waals surface area contributed by atoms with Crippen molar-refractivity contribution in [1.82, 2.24) is 0 Å². The third kappa shape index (κ3) is 4.86. The molecule has 0 aromatic heterocycles. The van der Waals surface area contributed by atoms with Crippen molar-refractivity contribution in [3.8, 4) is 0 Å². The Bertz CT molecular complexity index is 595. The third-order valence-electron chi connectivity index (χ3n) is 3.48. The molecule has 2 nitrogen and oxygen atoms in total. The third-order valence-corrected chi connectivity index (χ3v) is 4.54. The van der Waals surface area contributed by atoms with Gasteiger partial charge in [-0.15, -0.1) is 6.58 Å². The molecule has 0 aliphatic carbocycles. The Hall–Kier alpha value is -1.84. The summed E-state index contributed by atoms with van der Waals surface area (Å²) >= 11 is 1.25. The van der Waals surface area contributed by atoms with Gasteiger partial charge in [-0.3, -0.25) is 4.79 Å². The lowest BCUT2D eigenvalue weighted by atomic mass is 9.95. The van der Waals surface area contributed by atoms with Crippen LogP contribution in [-0.4, -0.2) is 16.3 Å². The minimum atomic E-state index is -0.823. The molecule has 0 bridgehead atoms. The zero-order chi connectivity index (χ0) is 15.8.